The molecule has 1 aromatic heterocycles. The van der Waals surface area contributed by atoms with Gasteiger partial charge in [0.1, 0.15) is 5.56 Å². The molecule has 19 heavy (non-hydrogen) atoms. The molecule has 0 aliphatic carbocycles. The summed E-state index contributed by atoms with van der Waals surface area (Å²) in [5.74, 6) is -0.0935. The lowest BCUT2D eigenvalue weighted by Crippen LogP contribution is -1.96. The molecular formula is C9H7ClN4O4S. The van der Waals surface area contributed by atoms with Crippen LogP contribution in [0.4, 0.5) is 5.69 Å². The average Bonchev–Trinajstić information content (AvgIpc) is 2.77. The number of H-pyrrole nitrogens is 1. The minimum absolute atomic E-state index is 0.0935. The largest absolute Gasteiger partial charge is 0.296 e. The molecule has 0 saturated carbocycles. The van der Waals surface area contributed by atoms with Crippen molar-refractivity contribution in [3.63, 3.8) is 0 Å². The molecular weight excluding hydrogens is 296 g/mol. The van der Waals surface area contributed by atoms with Gasteiger partial charge in [0.2, 0.25) is 0 Å². The first-order valence-corrected chi connectivity index (χ1v) is 7.23. The summed E-state index contributed by atoms with van der Waals surface area (Å²) in [4.78, 5) is 14.0. The number of aromatic nitrogens is 3. The molecule has 2 rings (SSSR count). The third-order valence-electron chi connectivity index (χ3n) is 2.37. The lowest BCUT2D eigenvalue weighted by atomic mass is 10.1. The smallest absolute Gasteiger partial charge is 0.258 e. The van der Waals surface area contributed by atoms with E-state index in [2.05, 4.69) is 15.2 Å². The van der Waals surface area contributed by atoms with E-state index >= 15 is 0 Å². The Morgan fingerprint density at radius 2 is 2.11 bits per heavy atom. The zero-order chi connectivity index (χ0) is 14.2. The van der Waals surface area contributed by atoms with Crippen LogP contribution in [-0.4, -0.2) is 28.5 Å². The molecule has 0 saturated heterocycles. The molecule has 0 spiro atoms. The maximum atomic E-state index is 11.1. The fourth-order valence-corrected chi connectivity index (χ4v) is 2.12. The second-order valence-electron chi connectivity index (χ2n) is 3.63. The second kappa shape index (κ2) is 4.59. The molecule has 1 heterocycles. The number of nitro groups is 1. The van der Waals surface area contributed by atoms with Gasteiger partial charge in [-0.1, -0.05) is 12.1 Å². The highest BCUT2D eigenvalue weighted by molar-refractivity contribution is 8.13. The van der Waals surface area contributed by atoms with Crippen molar-refractivity contribution in [2.75, 3.05) is 0 Å². The van der Waals surface area contributed by atoms with Gasteiger partial charge in [0.05, 0.1) is 4.92 Å². The summed E-state index contributed by atoms with van der Waals surface area (Å²) in [7, 11) is 1.04. The van der Waals surface area contributed by atoms with Crippen molar-refractivity contribution in [3.8, 4) is 11.4 Å². The Morgan fingerprint density at radius 3 is 2.63 bits per heavy atom. The van der Waals surface area contributed by atoms with E-state index in [1.807, 2.05) is 0 Å². The molecule has 0 bridgehead atoms. The van der Waals surface area contributed by atoms with Crippen LogP contribution in [0.1, 0.15) is 5.56 Å². The number of aromatic amines is 1. The quantitative estimate of drug-likeness (QED) is 0.522. The molecule has 8 nitrogen and oxygen atoms in total. The highest BCUT2D eigenvalue weighted by Gasteiger charge is 2.23. The zero-order valence-electron chi connectivity index (χ0n) is 9.49. The Hall–Kier alpha value is -2.00. The summed E-state index contributed by atoms with van der Waals surface area (Å²) in [5, 5.41) is 16.2. The van der Waals surface area contributed by atoms with Gasteiger partial charge in [0.15, 0.2) is 5.82 Å². The molecule has 0 unspecified atom stereocenters. The highest BCUT2D eigenvalue weighted by Crippen LogP contribution is 2.30. The number of hydrogen-bond donors (Lipinski definition) is 1. The Balaban J connectivity index is 2.66. The van der Waals surface area contributed by atoms with Crippen molar-refractivity contribution in [2.24, 2.45) is 0 Å². The van der Waals surface area contributed by atoms with Crippen molar-refractivity contribution >= 4 is 25.4 Å². The van der Waals surface area contributed by atoms with Crippen LogP contribution in [0.5, 0.6) is 0 Å². The Morgan fingerprint density at radius 1 is 1.42 bits per heavy atom. The van der Waals surface area contributed by atoms with E-state index < -0.39 is 19.1 Å². The predicted molar refractivity (Wildman–Crippen MR) is 66.2 cm³/mol. The van der Waals surface area contributed by atoms with Crippen molar-refractivity contribution < 1.29 is 13.3 Å². The van der Waals surface area contributed by atoms with Crippen LogP contribution in [0.25, 0.3) is 11.4 Å². The van der Waals surface area contributed by atoms with Crippen LogP contribution in [-0.2, 0) is 9.05 Å². The highest BCUT2D eigenvalue weighted by atomic mass is 35.7. The number of aryl methyl sites for hydroxylation is 1. The molecule has 10 heteroatoms. The summed E-state index contributed by atoms with van der Waals surface area (Å²) < 4.78 is 22.2. The number of hydrogen-bond acceptors (Lipinski definition) is 6. The minimum atomic E-state index is -4.06. The van der Waals surface area contributed by atoms with Crippen LogP contribution >= 0.6 is 10.7 Å². The Kier molecular flexibility index (Phi) is 3.25. The maximum Gasteiger partial charge on any atom is 0.296 e. The summed E-state index contributed by atoms with van der Waals surface area (Å²) >= 11 is 0. The number of nitrogens with one attached hydrogen (secondary N) is 1. The van der Waals surface area contributed by atoms with Gasteiger partial charge in [-0.15, -0.1) is 0 Å². The Labute approximate surface area is 112 Å². The monoisotopic (exact) mass is 302 g/mol. The topological polar surface area (TPSA) is 119 Å². The van der Waals surface area contributed by atoms with Gasteiger partial charge in [-0.05, 0) is 12.5 Å². The number of benzene rings is 1. The van der Waals surface area contributed by atoms with Crippen molar-refractivity contribution in [3.05, 3.63) is 33.9 Å². The predicted octanol–water partition coefficient (Wildman–Crippen LogP) is 1.62. The van der Waals surface area contributed by atoms with Crippen molar-refractivity contribution in [1.82, 2.24) is 15.2 Å². The molecule has 1 aromatic carbocycles. The molecule has 0 aliphatic heterocycles. The fraction of sp³-hybridized carbons (Fsp3) is 0.111. The summed E-state index contributed by atoms with van der Waals surface area (Å²) in [6.45, 7) is 1.63. The molecule has 1 N–H and O–H groups in total. The molecule has 0 atom stereocenters. The molecule has 0 amide bonds. The summed E-state index contributed by atoms with van der Waals surface area (Å²) in [6, 6.07) is 4.43. The van der Waals surface area contributed by atoms with E-state index in [9.17, 15) is 18.5 Å². The van der Waals surface area contributed by atoms with Crippen LogP contribution in [0, 0.1) is 17.0 Å². The first kappa shape index (κ1) is 13.4. The average molecular weight is 303 g/mol. The lowest BCUT2D eigenvalue weighted by Gasteiger charge is -2.01. The SMILES string of the molecule is Cc1cccc([N+](=O)[O-])c1-c1n[nH]c(S(=O)(=O)Cl)n1. The van der Waals surface area contributed by atoms with Crippen molar-refractivity contribution in [2.45, 2.75) is 12.1 Å². The second-order valence-corrected chi connectivity index (χ2v) is 6.11. The third-order valence-corrected chi connectivity index (χ3v) is 3.45. The zero-order valence-corrected chi connectivity index (χ0v) is 11.1. The molecule has 0 fully saturated rings. The van der Waals surface area contributed by atoms with Crippen LogP contribution < -0.4 is 0 Å². The van der Waals surface area contributed by atoms with Gasteiger partial charge in [0, 0.05) is 16.7 Å². The maximum absolute atomic E-state index is 11.1. The summed E-state index contributed by atoms with van der Waals surface area (Å²) in [5.41, 5.74) is 0.486. The van der Waals surface area contributed by atoms with Crippen molar-refractivity contribution in [1.29, 1.82) is 0 Å². The van der Waals surface area contributed by atoms with E-state index in [1.54, 1.807) is 13.0 Å². The summed E-state index contributed by atoms with van der Waals surface area (Å²) in [6.07, 6.45) is 0. The Bertz CT molecular complexity index is 755. The molecule has 0 radical (unpaired) electrons. The normalized spacial score (nSPS) is 11.5. The van der Waals surface area contributed by atoms with E-state index in [0.29, 0.717) is 5.56 Å². The van der Waals surface area contributed by atoms with Gasteiger partial charge >= 0.3 is 0 Å². The minimum Gasteiger partial charge on any atom is -0.258 e. The van der Waals surface area contributed by atoms with Gasteiger partial charge in [-0.3, -0.25) is 10.1 Å². The lowest BCUT2D eigenvalue weighted by molar-refractivity contribution is -0.384. The third kappa shape index (κ3) is 2.56. The standard InChI is InChI=1S/C9H7ClN4O4S/c1-5-3-2-4-6(14(15)16)7(5)8-11-9(13-12-8)19(10,17)18/h2-4H,1H3,(H,11,12,13). The fourth-order valence-electron chi connectivity index (χ4n) is 1.56. The van der Waals surface area contributed by atoms with Crippen LogP contribution in [0.3, 0.4) is 0 Å². The van der Waals surface area contributed by atoms with E-state index in [0.717, 1.165) is 0 Å². The first-order valence-electron chi connectivity index (χ1n) is 4.92. The van der Waals surface area contributed by atoms with Gasteiger partial charge in [-0.2, -0.15) is 10.1 Å². The van der Waals surface area contributed by atoms with E-state index in [1.165, 1.54) is 12.1 Å². The number of nitrogens with zero attached hydrogens (tertiary/aromatic N) is 3. The van der Waals surface area contributed by atoms with Crippen LogP contribution in [0.15, 0.2) is 23.4 Å². The number of halogens is 1. The van der Waals surface area contributed by atoms with Gasteiger partial charge in [0.25, 0.3) is 19.9 Å². The molecule has 2 aromatic rings. The van der Waals surface area contributed by atoms with E-state index in [4.69, 9.17) is 10.7 Å². The van der Waals surface area contributed by atoms with Gasteiger partial charge < -0.3 is 0 Å². The number of rotatable bonds is 3. The van der Waals surface area contributed by atoms with Gasteiger partial charge in [-0.25, -0.2) is 13.5 Å². The molecule has 100 valence electrons. The van der Waals surface area contributed by atoms with E-state index in [-0.39, 0.29) is 17.1 Å². The first-order chi connectivity index (χ1) is 8.80. The molecule has 0 aliphatic rings. The van der Waals surface area contributed by atoms with Crippen LogP contribution in [0.2, 0.25) is 0 Å². The number of nitro benzene ring substituents is 1.